The fourth-order valence-corrected chi connectivity index (χ4v) is 2.46. The monoisotopic (exact) mass is 337 g/mol. The van der Waals surface area contributed by atoms with E-state index in [1.165, 1.54) is 4.57 Å². The van der Waals surface area contributed by atoms with Crippen molar-refractivity contribution in [3.63, 3.8) is 0 Å². The second-order valence-corrected chi connectivity index (χ2v) is 5.34. The Labute approximate surface area is 143 Å². The van der Waals surface area contributed by atoms with Crippen molar-refractivity contribution in [2.24, 2.45) is 0 Å². The number of hydrogen-bond acceptors (Lipinski definition) is 5. The fourth-order valence-electron chi connectivity index (χ4n) is 2.46. The molecule has 3 rings (SSSR count). The number of anilines is 1. The quantitative estimate of drug-likeness (QED) is 0.772. The molecular weight excluding hydrogens is 322 g/mol. The van der Waals surface area contributed by atoms with Gasteiger partial charge in [0.05, 0.1) is 5.52 Å². The summed E-state index contributed by atoms with van der Waals surface area (Å²) in [5.41, 5.74) is 1.56. The van der Waals surface area contributed by atoms with Gasteiger partial charge in [-0.05, 0) is 43.3 Å². The maximum absolute atomic E-state index is 12.5. The number of benzene rings is 2. The summed E-state index contributed by atoms with van der Waals surface area (Å²) in [5.74, 6) is -0.395. The summed E-state index contributed by atoms with van der Waals surface area (Å²) in [6.45, 7) is 1.59. The van der Waals surface area contributed by atoms with Gasteiger partial charge in [-0.15, -0.1) is 0 Å². The highest BCUT2D eigenvalue weighted by Crippen LogP contribution is 2.19. The van der Waals surface area contributed by atoms with Gasteiger partial charge in [-0.2, -0.15) is 5.26 Å². The van der Waals surface area contributed by atoms with Gasteiger partial charge in [0.15, 0.2) is 12.2 Å². The van der Waals surface area contributed by atoms with E-state index >= 15 is 0 Å². The molecule has 1 amide bonds. The van der Waals surface area contributed by atoms with Crippen LogP contribution in [0.2, 0.25) is 0 Å². The number of rotatable bonds is 5. The van der Waals surface area contributed by atoms with Crippen LogP contribution >= 0.6 is 0 Å². The zero-order chi connectivity index (χ0) is 17.8. The predicted molar refractivity (Wildman–Crippen MR) is 91.4 cm³/mol. The summed E-state index contributed by atoms with van der Waals surface area (Å²) >= 11 is 0. The van der Waals surface area contributed by atoms with Gasteiger partial charge in [-0.3, -0.25) is 9.36 Å². The number of amides is 1. The first-order valence-corrected chi connectivity index (χ1v) is 7.61. The van der Waals surface area contributed by atoms with E-state index in [2.05, 4.69) is 5.32 Å². The topological polar surface area (TPSA) is 97.3 Å². The molecule has 25 heavy (non-hydrogen) atoms. The van der Waals surface area contributed by atoms with Crippen LogP contribution < -0.4 is 15.8 Å². The molecule has 0 aliphatic rings. The van der Waals surface area contributed by atoms with Crippen LogP contribution in [0.3, 0.4) is 0 Å². The molecule has 1 aromatic heterocycles. The Morgan fingerprint density at radius 1 is 1.28 bits per heavy atom. The molecular formula is C18H15N3O4. The predicted octanol–water partition coefficient (Wildman–Crippen LogP) is 2.70. The molecule has 2 aromatic carbocycles. The second kappa shape index (κ2) is 6.93. The van der Waals surface area contributed by atoms with E-state index in [-0.39, 0.29) is 12.5 Å². The number of nitrogens with zero attached hydrogens (tertiary/aromatic N) is 2. The van der Waals surface area contributed by atoms with Crippen molar-refractivity contribution in [1.82, 2.24) is 4.57 Å². The van der Waals surface area contributed by atoms with E-state index < -0.39 is 11.8 Å². The van der Waals surface area contributed by atoms with Gasteiger partial charge < -0.3 is 14.5 Å². The summed E-state index contributed by atoms with van der Waals surface area (Å²) in [6, 6.07) is 14.7. The Balaban J connectivity index is 1.77. The Morgan fingerprint density at radius 2 is 2.00 bits per heavy atom. The number of para-hydroxylation sites is 2. The van der Waals surface area contributed by atoms with Crippen molar-refractivity contribution in [2.45, 2.75) is 13.0 Å². The minimum atomic E-state index is -0.745. The van der Waals surface area contributed by atoms with Crippen LogP contribution in [0, 0.1) is 11.3 Å². The van der Waals surface area contributed by atoms with Crippen LogP contribution in [0.4, 0.5) is 5.69 Å². The number of carbonyl (C=O) groups excluding carboxylic acids is 1. The molecule has 0 aliphatic heterocycles. The summed E-state index contributed by atoms with van der Waals surface area (Å²) in [4.78, 5) is 24.5. The number of aromatic nitrogens is 1. The molecule has 0 spiro atoms. The molecule has 126 valence electrons. The number of oxazole rings is 1. The maximum atomic E-state index is 12.5. The molecule has 7 nitrogen and oxygen atoms in total. The van der Waals surface area contributed by atoms with Crippen LogP contribution in [0.15, 0.2) is 57.7 Å². The number of ether oxygens (including phenoxy) is 1. The van der Waals surface area contributed by atoms with Gasteiger partial charge in [-0.25, -0.2) is 4.79 Å². The maximum Gasteiger partial charge on any atom is 0.420 e. The van der Waals surface area contributed by atoms with Crippen LogP contribution in [0.5, 0.6) is 5.75 Å². The molecule has 3 aromatic rings. The Bertz CT molecular complexity index is 996. The van der Waals surface area contributed by atoms with Crippen molar-refractivity contribution in [2.75, 3.05) is 11.9 Å². The Hall–Kier alpha value is -3.53. The van der Waals surface area contributed by atoms with Gasteiger partial charge >= 0.3 is 5.76 Å². The molecule has 1 atom stereocenters. The number of carbonyl (C=O) groups is 1. The molecule has 0 fully saturated rings. The third-order valence-corrected chi connectivity index (χ3v) is 3.71. The first kappa shape index (κ1) is 16.3. The minimum Gasteiger partial charge on any atom is -0.479 e. The highest BCUT2D eigenvalue weighted by molar-refractivity contribution is 5.94. The molecule has 0 bridgehead atoms. The molecule has 7 heteroatoms. The van der Waals surface area contributed by atoms with E-state index in [4.69, 9.17) is 14.4 Å². The fraction of sp³-hybridized carbons (Fsp3) is 0.167. The molecule has 1 heterocycles. The van der Waals surface area contributed by atoms with E-state index in [1.807, 2.05) is 6.07 Å². The average Bonchev–Trinajstić information content (AvgIpc) is 2.96. The molecule has 1 N–H and O–H groups in total. The van der Waals surface area contributed by atoms with Crippen molar-refractivity contribution < 1.29 is 13.9 Å². The Morgan fingerprint density at radius 3 is 2.72 bits per heavy atom. The standard InChI is InChI=1S/C18H15N3O4/c1-12(21-15-4-2-3-5-16(15)25-18(21)23)17(22)20-13-6-8-14(9-7-13)24-11-10-19/h2-9,12H,11H2,1H3,(H,20,22). The normalized spacial score (nSPS) is 11.7. The van der Waals surface area contributed by atoms with Crippen molar-refractivity contribution in [3.05, 3.63) is 59.1 Å². The smallest absolute Gasteiger partial charge is 0.420 e. The molecule has 0 saturated heterocycles. The lowest BCUT2D eigenvalue weighted by molar-refractivity contribution is -0.118. The van der Waals surface area contributed by atoms with E-state index in [1.54, 1.807) is 55.5 Å². The third kappa shape index (κ3) is 3.38. The number of nitriles is 1. The summed E-state index contributed by atoms with van der Waals surface area (Å²) in [5, 5.41) is 11.2. The summed E-state index contributed by atoms with van der Waals surface area (Å²) in [6.07, 6.45) is 0. The lowest BCUT2D eigenvalue weighted by Crippen LogP contribution is -2.29. The summed E-state index contributed by atoms with van der Waals surface area (Å²) < 4.78 is 11.6. The van der Waals surface area contributed by atoms with Gasteiger partial charge in [-0.1, -0.05) is 12.1 Å². The van der Waals surface area contributed by atoms with Gasteiger partial charge in [0.25, 0.3) is 0 Å². The van der Waals surface area contributed by atoms with Crippen molar-refractivity contribution in [3.8, 4) is 11.8 Å². The first-order valence-electron chi connectivity index (χ1n) is 7.61. The van der Waals surface area contributed by atoms with Gasteiger partial charge in [0.1, 0.15) is 17.9 Å². The lowest BCUT2D eigenvalue weighted by Gasteiger charge is -2.13. The van der Waals surface area contributed by atoms with Crippen LogP contribution in [-0.2, 0) is 4.79 Å². The minimum absolute atomic E-state index is 0.0424. The Kier molecular flexibility index (Phi) is 4.53. The van der Waals surface area contributed by atoms with E-state index in [0.717, 1.165) is 0 Å². The largest absolute Gasteiger partial charge is 0.479 e. The number of hydrogen-bond donors (Lipinski definition) is 1. The van der Waals surface area contributed by atoms with E-state index in [9.17, 15) is 9.59 Å². The molecule has 0 radical (unpaired) electrons. The first-order chi connectivity index (χ1) is 12.1. The highest BCUT2D eigenvalue weighted by Gasteiger charge is 2.21. The molecule has 1 unspecified atom stereocenters. The lowest BCUT2D eigenvalue weighted by atomic mass is 10.2. The van der Waals surface area contributed by atoms with Crippen LogP contribution in [-0.4, -0.2) is 17.1 Å². The van der Waals surface area contributed by atoms with Crippen molar-refractivity contribution in [1.29, 1.82) is 5.26 Å². The van der Waals surface area contributed by atoms with E-state index in [0.29, 0.717) is 22.5 Å². The number of nitrogens with one attached hydrogen (secondary N) is 1. The third-order valence-electron chi connectivity index (χ3n) is 3.71. The van der Waals surface area contributed by atoms with Gasteiger partial charge in [0.2, 0.25) is 5.91 Å². The van der Waals surface area contributed by atoms with Crippen LogP contribution in [0.25, 0.3) is 11.1 Å². The molecule has 0 aliphatic carbocycles. The van der Waals surface area contributed by atoms with Crippen LogP contribution in [0.1, 0.15) is 13.0 Å². The van der Waals surface area contributed by atoms with Gasteiger partial charge in [0, 0.05) is 5.69 Å². The second-order valence-electron chi connectivity index (χ2n) is 5.34. The van der Waals surface area contributed by atoms with Crippen molar-refractivity contribution >= 4 is 22.7 Å². The SMILES string of the molecule is CC(C(=O)Nc1ccc(OCC#N)cc1)n1c(=O)oc2ccccc21. The average molecular weight is 337 g/mol. The highest BCUT2D eigenvalue weighted by atomic mass is 16.5. The number of fused-ring (bicyclic) bond motifs is 1. The zero-order valence-electron chi connectivity index (χ0n) is 13.4. The zero-order valence-corrected chi connectivity index (χ0v) is 13.4. The molecule has 0 saturated carbocycles. The summed E-state index contributed by atoms with van der Waals surface area (Å²) in [7, 11) is 0.